The Hall–Kier alpha value is -1.73. The van der Waals surface area contributed by atoms with Gasteiger partial charge in [-0.2, -0.15) is 0 Å². The molecule has 2 aliphatic rings. The maximum atomic E-state index is 12.3. The van der Waals surface area contributed by atoms with Crippen LogP contribution >= 0.6 is 15.9 Å². The van der Waals surface area contributed by atoms with E-state index in [4.69, 9.17) is 0 Å². The van der Waals surface area contributed by atoms with Crippen molar-refractivity contribution in [2.45, 2.75) is 31.8 Å². The number of fused-ring (bicyclic) bond motifs is 1. The Kier molecular flexibility index (Phi) is 5.01. The number of aliphatic hydroxyl groups excluding tert-OH is 1. The van der Waals surface area contributed by atoms with Crippen LogP contribution in [0.3, 0.4) is 0 Å². The number of carbonyl (C=O) groups is 3. The predicted octanol–water partition coefficient (Wildman–Crippen LogP) is 1.81. The van der Waals surface area contributed by atoms with Gasteiger partial charge in [0.15, 0.2) is 0 Å². The molecule has 3 amide bonds. The molecule has 1 N–H and O–H groups in total. The predicted molar refractivity (Wildman–Crippen MR) is 90.6 cm³/mol. The SMILES string of the molecule is O=C(CCCN1C(=O)c2ccc(Br)cc2C1=O)N1CCC(O)CC1. The molecule has 1 saturated heterocycles. The van der Waals surface area contributed by atoms with E-state index in [1.165, 1.54) is 4.90 Å². The molecule has 0 atom stereocenters. The second kappa shape index (κ2) is 7.03. The second-order valence-electron chi connectivity index (χ2n) is 6.17. The van der Waals surface area contributed by atoms with E-state index in [2.05, 4.69) is 15.9 Å². The van der Waals surface area contributed by atoms with Crippen LogP contribution in [0.1, 0.15) is 46.4 Å². The van der Waals surface area contributed by atoms with Gasteiger partial charge in [0.25, 0.3) is 11.8 Å². The highest BCUT2D eigenvalue weighted by atomic mass is 79.9. The fraction of sp³-hybridized carbons (Fsp3) is 0.471. The van der Waals surface area contributed by atoms with Gasteiger partial charge in [-0.25, -0.2) is 0 Å². The average molecular weight is 395 g/mol. The first kappa shape index (κ1) is 17.1. The number of rotatable bonds is 4. The molecule has 0 aromatic heterocycles. The Morgan fingerprint density at radius 1 is 1.17 bits per heavy atom. The fourth-order valence-corrected chi connectivity index (χ4v) is 3.49. The van der Waals surface area contributed by atoms with Gasteiger partial charge in [0.05, 0.1) is 17.2 Å². The fourth-order valence-electron chi connectivity index (χ4n) is 3.13. The molecule has 1 aromatic carbocycles. The highest BCUT2D eigenvalue weighted by Gasteiger charge is 2.35. The number of hydrogen-bond donors (Lipinski definition) is 1. The quantitative estimate of drug-likeness (QED) is 0.789. The summed E-state index contributed by atoms with van der Waals surface area (Å²) in [5.74, 6) is -0.581. The molecule has 0 unspecified atom stereocenters. The van der Waals surface area contributed by atoms with E-state index in [-0.39, 0.29) is 30.4 Å². The Morgan fingerprint density at radius 3 is 2.54 bits per heavy atom. The van der Waals surface area contributed by atoms with Gasteiger partial charge in [-0.05, 0) is 37.5 Å². The van der Waals surface area contributed by atoms with Crippen molar-refractivity contribution >= 4 is 33.7 Å². The number of halogens is 1. The van der Waals surface area contributed by atoms with E-state index >= 15 is 0 Å². The molecule has 128 valence electrons. The van der Waals surface area contributed by atoms with Gasteiger partial charge in [0.1, 0.15) is 0 Å². The van der Waals surface area contributed by atoms with Gasteiger partial charge in [0, 0.05) is 30.5 Å². The number of piperidine rings is 1. The van der Waals surface area contributed by atoms with Gasteiger partial charge in [-0.15, -0.1) is 0 Å². The smallest absolute Gasteiger partial charge is 0.261 e. The molecular weight excluding hydrogens is 376 g/mol. The van der Waals surface area contributed by atoms with Crippen LogP contribution in [0.5, 0.6) is 0 Å². The lowest BCUT2D eigenvalue weighted by Crippen LogP contribution is -2.40. The van der Waals surface area contributed by atoms with Gasteiger partial charge in [0.2, 0.25) is 5.91 Å². The van der Waals surface area contributed by atoms with E-state index in [0.29, 0.717) is 49.9 Å². The Balaban J connectivity index is 1.53. The molecule has 0 bridgehead atoms. The molecule has 1 aromatic rings. The van der Waals surface area contributed by atoms with Crippen molar-refractivity contribution in [2.24, 2.45) is 0 Å². The molecule has 0 saturated carbocycles. The van der Waals surface area contributed by atoms with Crippen LogP contribution in [0.15, 0.2) is 22.7 Å². The molecule has 7 heteroatoms. The lowest BCUT2D eigenvalue weighted by atomic mass is 10.1. The summed E-state index contributed by atoms with van der Waals surface area (Å²) in [5.41, 5.74) is 0.824. The van der Waals surface area contributed by atoms with E-state index in [9.17, 15) is 19.5 Å². The molecule has 2 aliphatic heterocycles. The summed E-state index contributed by atoms with van der Waals surface area (Å²) in [4.78, 5) is 39.7. The summed E-state index contributed by atoms with van der Waals surface area (Å²) in [5, 5.41) is 9.47. The van der Waals surface area contributed by atoms with Gasteiger partial charge in [-0.3, -0.25) is 19.3 Å². The first-order valence-electron chi connectivity index (χ1n) is 8.09. The highest BCUT2D eigenvalue weighted by Crippen LogP contribution is 2.26. The van der Waals surface area contributed by atoms with Crippen molar-refractivity contribution < 1.29 is 19.5 Å². The van der Waals surface area contributed by atoms with Crippen molar-refractivity contribution in [3.63, 3.8) is 0 Å². The summed E-state index contributed by atoms with van der Waals surface area (Å²) in [7, 11) is 0. The molecule has 0 radical (unpaired) electrons. The van der Waals surface area contributed by atoms with E-state index in [1.807, 2.05) is 0 Å². The zero-order valence-corrected chi connectivity index (χ0v) is 14.8. The Morgan fingerprint density at radius 2 is 1.83 bits per heavy atom. The van der Waals surface area contributed by atoms with Gasteiger partial charge >= 0.3 is 0 Å². The summed E-state index contributed by atoms with van der Waals surface area (Å²) >= 11 is 3.30. The third-order valence-corrected chi connectivity index (χ3v) is 5.02. The second-order valence-corrected chi connectivity index (χ2v) is 7.08. The minimum Gasteiger partial charge on any atom is -0.393 e. The zero-order valence-electron chi connectivity index (χ0n) is 13.2. The zero-order chi connectivity index (χ0) is 17.3. The minimum absolute atomic E-state index is 0.0150. The molecule has 1 fully saturated rings. The standard InChI is InChI=1S/C17H19BrN2O4/c18-11-3-4-13-14(10-11)17(24)20(16(13)23)7-1-2-15(22)19-8-5-12(21)6-9-19/h3-4,10,12,21H,1-2,5-9H2. The largest absolute Gasteiger partial charge is 0.393 e. The number of imide groups is 1. The van der Waals surface area contributed by atoms with Gasteiger partial charge < -0.3 is 10.0 Å². The maximum Gasteiger partial charge on any atom is 0.261 e. The van der Waals surface area contributed by atoms with Crippen molar-refractivity contribution in [3.8, 4) is 0 Å². The molecule has 3 rings (SSSR count). The number of amides is 3. The molecule has 0 spiro atoms. The first-order chi connectivity index (χ1) is 11.5. The normalized spacial score (nSPS) is 18.2. The lowest BCUT2D eigenvalue weighted by Gasteiger charge is -2.29. The average Bonchev–Trinajstić information content (AvgIpc) is 2.79. The van der Waals surface area contributed by atoms with Crippen molar-refractivity contribution in [3.05, 3.63) is 33.8 Å². The summed E-state index contributed by atoms with van der Waals surface area (Å²) in [6.45, 7) is 1.38. The van der Waals surface area contributed by atoms with Crippen molar-refractivity contribution in [1.29, 1.82) is 0 Å². The van der Waals surface area contributed by atoms with Crippen LogP contribution in [0.2, 0.25) is 0 Å². The first-order valence-corrected chi connectivity index (χ1v) is 8.88. The third-order valence-electron chi connectivity index (χ3n) is 4.52. The monoisotopic (exact) mass is 394 g/mol. The van der Waals surface area contributed by atoms with Crippen LogP contribution in [0.4, 0.5) is 0 Å². The summed E-state index contributed by atoms with van der Waals surface area (Å²) < 4.78 is 0.756. The molecular formula is C17H19BrN2O4. The molecule has 2 heterocycles. The van der Waals surface area contributed by atoms with Crippen LogP contribution in [0, 0.1) is 0 Å². The highest BCUT2D eigenvalue weighted by molar-refractivity contribution is 9.10. The van der Waals surface area contributed by atoms with E-state index in [1.54, 1.807) is 23.1 Å². The number of aliphatic hydroxyl groups is 1. The lowest BCUT2D eigenvalue weighted by molar-refractivity contribution is -0.133. The topological polar surface area (TPSA) is 77.9 Å². The van der Waals surface area contributed by atoms with Crippen LogP contribution in [-0.2, 0) is 4.79 Å². The number of carbonyl (C=O) groups excluding carboxylic acids is 3. The number of hydrogen-bond acceptors (Lipinski definition) is 4. The van der Waals surface area contributed by atoms with Crippen LogP contribution < -0.4 is 0 Å². The van der Waals surface area contributed by atoms with Crippen molar-refractivity contribution in [2.75, 3.05) is 19.6 Å². The number of benzene rings is 1. The van der Waals surface area contributed by atoms with Crippen LogP contribution in [-0.4, -0.2) is 58.4 Å². The van der Waals surface area contributed by atoms with Crippen LogP contribution in [0.25, 0.3) is 0 Å². The minimum atomic E-state index is -0.313. The number of nitrogens with zero attached hydrogens (tertiary/aromatic N) is 2. The van der Waals surface area contributed by atoms with E-state index in [0.717, 1.165) is 4.47 Å². The van der Waals surface area contributed by atoms with E-state index < -0.39 is 0 Å². The molecule has 24 heavy (non-hydrogen) atoms. The maximum absolute atomic E-state index is 12.3. The Bertz CT molecular complexity index is 683. The molecule has 0 aliphatic carbocycles. The summed E-state index contributed by atoms with van der Waals surface area (Å²) in [6.07, 6.45) is 1.65. The van der Waals surface area contributed by atoms with Gasteiger partial charge in [-0.1, -0.05) is 15.9 Å². The Labute approximate surface area is 148 Å². The molecule has 6 nitrogen and oxygen atoms in total. The van der Waals surface area contributed by atoms with Crippen molar-refractivity contribution in [1.82, 2.24) is 9.80 Å². The number of likely N-dealkylation sites (tertiary alicyclic amines) is 1. The third kappa shape index (κ3) is 3.37. The summed E-state index contributed by atoms with van der Waals surface area (Å²) in [6, 6.07) is 5.03.